The molecule has 3 rings (SSSR count). The Balaban J connectivity index is 1.69. The Morgan fingerprint density at radius 3 is 2.24 bits per heavy atom. The summed E-state index contributed by atoms with van der Waals surface area (Å²) < 4.78 is 4.91. The Morgan fingerprint density at radius 2 is 1.64 bits per heavy atom. The Kier molecular flexibility index (Phi) is 4.61. The summed E-state index contributed by atoms with van der Waals surface area (Å²) in [7, 11) is 0. The van der Waals surface area contributed by atoms with Crippen LogP contribution in [-0.4, -0.2) is 10.8 Å². The highest BCUT2D eigenvalue weighted by Gasteiger charge is 2.19. The molecule has 0 aliphatic rings. The van der Waals surface area contributed by atoms with Crippen molar-refractivity contribution in [1.82, 2.24) is 5.32 Å². The average Bonchev–Trinajstić information content (AvgIpc) is 3.13. The van der Waals surface area contributed by atoms with E-state index in [1.165, 1.54) is 6.07 Å². The largest absolute Gasteiger partial charge is 0.433 e. The van der Waals surface area contributed by atoms with E-state index in [4.69, 9.17) is 4.42 Å². The van der Waals surface area contributed by atoms with Crippen LogP contribution in [0.5, 0.6) is 0 Å². The molecule has 1 unspecified atom stereocenters. The Bertz CT molecular complexity index is 885. The molecule has 1 aromatic heterocycles. The number of hydrogen-bond acceptors (Lipinski definition) is 4. The molecular weight excluding hydrogens is 320 g/mol. The first-order valence-corrected chi connectivity index (χ1v) is 7.75. The highest BCUT2D eigenvalue weighted by molar-refractivity contribution is 5.92. The summed E-state index contributed by atoms with van der Waals surface area (Å²) in [4.78, 5) is 22.1. The molecule has 0 aliphatic heterocycles. The molecule has 3 aromatic rings. The average molecular weight is 336 g/mol. The normalized spacial score (nSPS) is 11.7. The second-order valence-electron chi connectivity index (χ2n) is 5.58. The number of furan rings is 1. The molecule has 0 spiro atoms. The Morgan fingerprint density at radius 1 is 1.00 bits per heavy atom. The van der Waals surface area contributed by atoms with Gasteiger partial charge in [-0.05, 0) is 29.7 Å². The number of amides is 1. The molecule has 0 saturated heterocycles. The molecule has 2 aromatic carbocycles. The quantitative estimate of drug-likeness (QED) is 0.554. The van der Waals surface area contributed by atoms with Crippen molar-refractivity contribution in [1.29, 1.82) is 0 Å². The topological polar surface area (TPSA) is 85.4 Å². The molecule has 0 fully saturated rings. The Hall–Kier alpha value is -3.41. The minimum atomic E-state index is -0.678. The maximum Gasteiger partial charge on any atom is 0.433 e. The smallest absolute Gasteiger partial charge is 0.395 e. The number of nitrogens with zero attached hydrogens (tertiary/aromatic N) is 1. The summed E-state index contributed by atoms with van der Waals surface area (Å²) in [6, 6.07) is 20.0. The van der Waals surface area contributed by atoms with Crippen molar-refractivity contribution in [2.75, 3.05) is 0 Å². The third kappa shape index (κ3) is 3.74. The maximum atomic E-state index is 12.1. The number of hydrogen-bond donors (Lipinski definition) is 1. The number of benzene rings is 2. The van der Waals surface area contributed by atoms with Gasteiger partial charge in [-0.1, -0.05) is 54.6 Å². The molecule has 0 radical (unpaired) electrons. The SMILES string of the molecule is CC(NC(=O)c1ccc([N+](=O)[O-])o1)c1ccc(-c2ccccc2)cc1. The molecule has 6 heteroatoms. The van der Waals surface area contributed by atoms with Gasteiger partial charge in [0, 0.05) is 0 Å². The predicted octanol–water partition coefficient (Wildman–Crippen LogP) is 4.35. The first-order chi connectivity index (χ1) is 12.0. The van der Waals surface area contributed by atoms with Crippen molar-refractivity contribution >= 4 is 11.8 Å². The fraction of sp³-hybridized carbons (Fsp3) is 0.105. The molecule has 0 aliphatic carbocycles. The molecule has 1 amide bonds. The summed E-state index contributed by atoms with van der Waals surface area (Å²) in [5.74, 6) is -1.03. The fourth-order valence-corrected chi connectivity index (χ4v) is 2.49. The van der Waals surface area contributed by atoms with E-state index in [2.05, 4.69) is 5.32 Å². The summed E-state index contributed by atoms with van der Waals surface area (Å²) >= 11 is 0. The van der Waals surface area contributed by atoms with Crippen LogP contribution in [0.1, 0.15) is 29.1 Å². The van der Waals surface area contributed by atoms with E-state index in [9.17, 15) is 14.9 Å². The number of rotatable bonds is 5. The fourth-order valence-electron chi connectivity index (χ4n) is 2.49. The van der Waals surface area contributed by atoms with Crippen LogP contribution in [0.4, 0.5) is 5.88 Å². The van der Waals surface area contributed by atoms with Gasteiger partial charge in [-0.15, -0.1) is 0 Å². The van der Waals surface area contributed by atoms with E-state index < -0.39 is 16.7 Å². The molecular formula is C19H16N2O4. The first kappa shape index (κ1) is 16.4. The lowest BCUT2D eigenvalue weighted by Gasteiger charge is -2.14. The first-order valence-electron chi connectivity index (χ1n) is 7.75. The molecule has 1 heterocycles. The van der Waals surface area contributed by atoms with Gasteiger partial charge in [-0.2, -0.15) is 0 Å². The molecule has 0 bridgehead atoms. The Labute approximate surface area is 144 Å². The van der Waals surface area contributed by atoms with Crippen molar-refractivity contribution in [2.24, 2.45) is 0 Å². The standard InChI is InChI=1S/C19H16N2O4/c1-13(20-19(22)17-11-12-18(25-17)21(23)24)14-7-9-16(10-8-14)15-5-3-2-4-6-15/h2-13H,1H3,(H,20,22). The van der Waals surface area contributed by atoms with Crippen molar-refractivity contribution in [3.63, 3.8) is 0 Å². The molecule has 0 saturated carbocycles. The van der Waals surface area contributed by atoms with E-state index in [0.717, 1.165) is 22.8 Å². The van der Waals surface area contributed by atoms with Gasteiger partial charge in [0.05, 0.1) is 12.1 Å². The summed E-state index contributed by atoms with van der Waals surface area (Å²) in [6.45, 7) is 1.84. The van der Waals surface area contributed by atoms with Crippen LogP contribution >= 0.6 is 0 Å². The molecule has 126 valence electrons. The van der Waals surface area contributed by atoms with Crippen molar-refractivity contribution < 1.29 is 14.1 Å². The lowest BCUT2D eigenvalue weighted by Crippen LogP contribution is -2.26. The minimum Gasteiger partial charge on any atom is -0.395 e. The van der Waals surface area contributed by atoms with Crippen molar-refractivity contribution in [3.8, 4) is 11.1 Å². The van der Waals surface area contributed by atoms with Gasteiger partial charge >= 0.3 is 5.88 Å². The molecule has 25 heavy (non-hydrogen) atoms. The van der Waals surface area contributed by atoms with E-state index in [-0.39, 0.29) is 11.8 Å². The maximum absolute atomic E-state index is 12.1. The monoisotopic (exact) mass is 336 g/mol. The molecule has 6 nitrogen and oxygen atoms in total. The van der Waals surface area contributed by atoms with E-state index in [0.29, 0.717) is 0 Å². The minimum absolute atomic E-state index is 0.0838. The summed E-state index contributed by atoms with van der Waals surface area (Å²) in [5.41, 5.74) is 3.13. The predicted molar refractivity (Wildman–Crippen MR) is 93.1 cm³/mol. The third-order valence-corrected chi connectivity index (χ3v) is 3.86. The zero-order valence-corrected chi connectivity index (χ0v) is 13.5. The number of nitrogens with one attached hydrogen (secondary N) is 1. The highest BCUT2D eigenvalue weighted by Crippen LogP contribution is 2.22. The number of carbonyl (C=O) groups excluding carboxylic acids is 1. The summed E-state index contributed by atoms with van der Waals surface area (Å²) in [5, 5.41) is 13.4. The number of nitro groups is 1. The van der Waals surface area contributed by atoms with Crippen LogP contribution in [0.2, 0.25) is 0 Å². The van der Waals surface area contributed by atoms with Crippen molar-refractivity contribution in [3.05, 3.63) is 88.2 Å². The van der Waals surface area contributed by atoms with Gasteiger partial charge in [-0.25, -0.2) is 0 Å². The van der Waals surface area contributed by atoms with Gasteiger partial charge in [0.15, 0.2) is 5.76 Å². The van der Waals surface area contributed by atoms with Gasteiger partial charge in [0.1, 0.15) is 4.92 Å². The summed E-state index contributed by atoms with van der Waals surface area (Å²) in [6.07, 6.45) is 0. The van der Waals surface area contributed by atoms with Gasteiger partial charge in [-0.3, -0.25) is 14.9 Å². The second-order valence-corrected chi connectivity index (χ2v) is 5.58. The number of carbonyl (C=O) groups is 1. The van der Waals surface area contributed by atoms with Crippen LogP contribution < -0.4 is 5.32 Å². The van der Waals surface area contributed by atoms with Crippen LogP contribution in [0, 0.1) is 10.1 Å². The highest BCUT2D eigenvalue weighted by atomic mass is 16.6. The van der Waals surface area contributed by atoms with Crippen LogP contribution in [0.3, 0.4) is 0 Å². The second kappa shape index (κ2) is 7.00. The van der Waals surface area contributed by atoms with Crippen LogP contribution in [-0.2, 0) is 0 Å². The van der Waals surface area contributed by atoms with Gasteiger partial charge in [0.25, 0.3) is 5.91 Å². The lowest BCUT2D eigenvalue weighted by atomic mass is 10.0. The van der Waals surface area contributed by atoms with Crippen LogP contribution in [0.15, 0.2) is 71.1 Å². The van der Waals surface area contributed by atoms with E-state index >= 15 is 0 Å². The van der Waals surface area contributed by atoms with Gasteiger partial charge < -0.3 is 9.73 Å². The molecule has 1 N–H and O–H groups in total. The third-order valence-electron chi connectivity index (χ3n) is 3.86. The lowest BCUT2D eigenvalue weighted by molar-refractivity contribution is -0.402. The van der Waals surface area contributed by atoms with Gasteiger partial charge in [0.2, 0.25) is 0 Å². The zero-order valence-electron chi connectivity index (χ0n) is 13.5. The zero-order chi connectivity index (χ0) is 17.8. The van der Waals surface area contributed by atoms with E-state index in [1.54, 1.807) is 0 Å². The van der Waals surface area contributed by atoms with E-state index in [1.807, 2.05) is 61.5 Å². The van der Waals surface area contributed by atoms with Crippen LogP contribution in [0.25, 0.3) is 11.1 Å². The van der Waals surface area contributed by atoms with Crippen molar-refractivity contribution in [2.45, 2.75) is 13.0 Å². The molecule has 1 atom stereocenters.